The Labute approximate surface area is 209 Å². The van der Waals surface area contributed by atoms with Crippen molar-refractivity contribution in [2.75, 3.05) is 20.2 Å². The molecule has 0 saturated heterocycles. The highest BCUT2D eigenvalue weighted by molar-refractivity contribution is 5.91. The molecule has 4 aromatic heterocycles. The molecule has 0 aliphatic carbocycles. The monoisotopic (exact) mass is 492 g/mol. The molecule has 0 spiro atoms. The zero-order chi connectivity index (χ0) is 25.4. The normalized spacial score (nSPS) is 17.5. The van der Waals surface area contributed by atoms with Crippen LogP contribution in [-0.4, -0.2) is 77.2 Å². The van der Waals surface area contributed by atoms with Gasteiger partial charge >= 0.3 is 0 Å². The molecule has 0 radical (unpaired) electrons. The second kappa shape index (κ2) is 9.75. The molecule has 11 nitrogen and oxygen atoms in total. The summed E-state index contributed by atoms with van der Waals surface area (Å²) in [7, 11) is 3.90. The lowest BCUT2D eigenvalue weighted by Crippen LogP contribution is -2.32. The van der Waals surface area contributed by atoms with Crippen LogP contribution in [0.5, 0.6) is 11.8 Å². The first-order chi connectivity index (χ1) is 17.3. The van der Waals surface area contributed by atoms with E-state index in [9.17, 15) is 5.11 Å². The first-order valence-electron chi connectivity index (χ1n) is 12.1. The lowest BCUT2D eigenvalue weighted by Gasteiger charge is -2.23. The van der Waals surface area contributed by atoms with Gasteiger partial charge in [-0.15, -0.1) is 5.10 Å². The number of fused-ring (bicyclic) bond motifs is 4. The number of aryl methyl sites for hydroxylation is 1. The molecule has 5 heterocycles. The molecule has 0 amide bonds. The topological polar surface area (TPSA) is 119 Å². The summed E-state index contributed by atoms with van der Waals surface area (Å²) >= 11 is 0. The molecule has 2 bridgehead atoms. The molecule has 2 N–H and O–H groups in total. The van der Waals surface area contributed by atoms with Crippen LogP contribution in [0.1, 0.15) is 37.7 Å². The maximum absolute atomic E-state index is 9.70. The lowest BCUT2D eigenvalue weighted by molar-refractivity contribution is 0.146. The molecule has 0 saturated carbocycles. The number of hydrogen-bond donors (Lipinski definition) is 2. The Bertz CT molecular complexity index is 1400. The number of aromatic nitrogens is 7. The number of aromatic amines is 1. The van der Waals surface area contributed by atoms with Gasteiger partial charge in [0.1, 0.15) is 6.10 Å². The van der Waals surface area contributed by atoms with Gasteiger partial charge in [0, 0.05) is 25.5 Å². The second-order valence-corrected chi connectivity index (χ2v) is 9.45. The van der Waals surface area contributed by atoms with E-state index >= 15 is 0 Å². The number of rotatable bonds is 4. The van der Waals surface area contributed by atoms with Crippen molar-refractivity contribution in [3.05, 3.63) is 35.4 Å². The van der Waals surface area contributed by atoms with Crippen LogP contribution in [0, 0.1) is 0 Å². The number of likely N-dealkylation sites (N-methyl/N-ethyl adjacent to an activating group) is 1. The molecule has 1 aliphatic heterocycles. The fourth-order valence-electron chi connectivity index (χ4n) is 4.51. The predicted molar refractivity (Wildman–Crippen MR) is 137 cm³/mol. The standard InChI is InChI=1S/C25H32N8O3/c1-15(2)35-24-17-6-7-20-18-10-21(26-12-22(18)29-28-20)19-11-27-32(5)25(19)36-16(3)13-31(4)14-23(17)33(30-24)8-9-34/h6-7,10-12,15-16,34H,8-9,13-14H2,1-5H3,(H,28,29)/b7-6+. The number of aliphatic hydroxyl groups excluding tert-OH is 1. The summed E-state index contributed by atoms with van der Waals surface area (Å²) in [6.45, 7) is 7.58. The van der Waals surface area contributed by atoms with E-state index in [1.165, 1.54) is 0 Å². The molecule has 11 heteroatoms. The number of nitrogens with zero attached hydrogens (tertiary/aromatic N) is 7. The molecule has 0 aromatic carbocycles. The Morgan fingerprint density at radius 3 is 2.86 bits per heavy atom. The molecule has 5 rings (SSSR count). The third-order valence-electron chi connectivity index (χ3n) is 6.07. The van der Waals surface area contributed by atoms with E-state index in [2.05, 4.69) is 30.3 Å². The van der Waals surface area contributed by atoms with E-state index < -0.39 is 0 Å². The van der Waals surface area contributed by atoms with Crippen molar-refractivity contribution < 1.29 is 14.6 Å². The number of nitrogens with one attached hydrogen (secondary N) is 1. The van der Waals surface area contributed by atoms with E-state index in [4.69, 9.17) is 9.47 Å². The van der Waals surface area contributed by atoms with E-state index in [-0.39, 0.29) is 18.8 Å². The van der Waals surface area contributed by atoms with Gasteiger partial charge in [0.25, 0.3) is 0 Å². The van der Waals surface area contributed by atoms with E-state index in [0.29, 0.717) is 31.4 Å². The molecular weight excluding hydrogens is 460 g/mol. The average molecular weight is 493 g/mol. The molecule has 1 unspecified atom stereocenters. The SMILES string of the molecule is CC(C)Oc1nn(CCO)c2c1/C=C/c1n[nH]c3cnc(cc13)-c1cnn(C)c1OC(C)CN(C)C2. The fourth-order valence-corrected chi connectivity index (χ4v) is 4.51. The molecule has 4 aromatic rings. The van der Waals surface area contributed by atoms with Crippen LogP contribution in [-0.2, 0) is 20.1 Å². The summed E-state index contributed by atoms with van der Waals surface area (Å²) < 4.78 is 16.0. The van der Waals surface area contributed by atoms with Crippen LogP contribution < -0.4 is 9.47 Å². The highest BCUT2D eigenvalue weighted by Crippen LogP contribution is 2.32. The number of hydrogen-bond acceptors (Lipinski definition) is 8. The first-order valence-corrected chi connectivity index (χ1v) is 12.1. The van der Waals surface area contributed by atoms with Crippen LogP contribution >= 0.6 is 0 Å². The van der Waals surface area contributed by atoms with Crippen molar-refractivity contribution >= 4 is 23.1 Å². The number of ether oxygens (including phenoxy) is 2. The van der Waals surface area contributed by atoms with Gasteiger partial charge in [-0.1, -0.05) is 0 Å². The molecule has 1 atom stereocenters. The van der Waals surface area contributed by atoms with Gasteiger partial charge in [-0.3, -0.25) is 19.7 Å². The predicted octanol–water partition coefficient (Wildman–Crippen LogP) is 2.72. The van der Waals surface area contributed by atoms with E-state index in [0.717, 1.165) is 39.1 Å². The van der Waals surface area contributed by atoms with E-state index in [1.807, 2.05) is 57.8 Å². The summed E-state index contributed by atoms with van der Waals surface area (Å²) in [5.41, 5.74) is 5.01. The Kier molecular flexibility index (Phi) is 6.50. The van der Waals surface area contributed by atoms with Crippen LogP contribution in [0.3, 0.4) is 0 Å². The molecule has 190 valence electrons. The quantitative estimate of drug-likeness (QED) is 0.446. The number of aliphatic hydroxyl groups is 1. The zero-order valence-corrected chi connectivity index (χ0v) is 21.3. The van der Waals surface area contributed by atoms with Crippen molar-refractivity contribution in [3.8, 4) is 23.0 Å². The minimum absolute atomic E-state index is 0.0226. The van der Waals surface area contributed by atoms with Gasteiger partial charge in [0.15, 0.2) is 0 Å². The van der Waals surface area contributed by atoms with Crippen LogP contribution in [0.15, 0.2) is 18.5 Å². The Morgan fingerprint density at radius 1 is 1.25 bits per heavy atom. The maximum atomic E-state index is 9.70. The van der Waals surface area contributed by atoms with Gasteiger partial charge in [-0.25, -0.2) is 4.68 Å². The number of H-pyrrole nitrogens is 1. The lowest BCUT2D eigenvalue weighted by atomic mass is 10.1. The van der Waals surface area contributed by atoms with Crippen molar-refractivity contribution in [2.24, 2.45) is 7.05 Å². The summed E-state index contributed by atoms with van der Waals surface area (Å²) in [5, 5.41) is 27.3. The Balaban J connectivity index is 1.69. The Morgan fingerprint density at radius 2 is 2.08 bits per heavy atom. The maximum Gasteiger partial charge on any atom is 0.240 e. The van der Waals surface area contributed by atoms with Crippen LogP contribution in [0.4, 0.5) is 0 Å². The van der Waals surface area contributed by atoms with Gasteiger partial charge in [0.05, 0.1) is 65.4 Å². The minimum atomic E-state index is -0.123. The Hall–Kier alpha value is -3.70. The van der Waals surface area contributed by atoms with Gasteiger partial charge in [-0.2, -0.15) is 10.2 Å². The molecule has 36 heavy (non-hydrogen) atoms. The third kappa shape index (κ3) is 4.59. The zero-order valence-electron chi connectivity index (χ0n) is 21.3. The molecule has 1 aliphatic rings. The van der Waals surface area contributed by atoms with Crippen molar-refractivity contribution in [3.63, 3.8) is 0 Å². The summed E-state index contributed by atoms with van der Waals surface area (Å²) in [4.78, 5) is 6.81. The van der Waals surface area contributed by atoms with Crippen LogP contribution in [0.25, 0.3) is 34.3 Å². The van der Waals surface area contributed by atoms with Gasteiger partial charge in [-0.05, 0) is 46.0 Å². The molecule has 0 fully saturated rings. The first kappa shape index (κ1) is 24.0. The smallest absolute Gasteiger partial charge is 0.240 e. The minimum Gasteiger partial charge on any atom is -0.473 e. The third-order valence-corrected chi connectivity index (χ3v) is 6.07. The summed E-state index contributed by atoms with van der Waals surface area (Å²) in [6, 6.07) is 2.00. The average Bonchev–Trinajstić information content (AvgIpc) is 3.48. The summed E-state index contributed by atoms with van der Waals surface area (Å²) in [6.07, 6.45) is 7.34. The van der Waals surface area contributed by atoms with Gasteiger partial charge < -0.3 is 14.6 Å². The summed E-state index contributed by atoms with van der Waals surface area (Å²) in [5.74, 6) is 1.20. The molecular formula is C25H32N8O3. The number of pyridine rings is 1. The largest absolute Gasteiger partial charge is 0.473 e. The van der Waals surface area contributed by atoms with E-state index in [1.54, 1.807) is 17.1 Å². The second-order valence-electron chi connectivity index (χ2n) is 9.45. The fraction of sp³-hybridized carbons (Fsp3) is 0.440. The van der Waals surface area contributed by atoms with Crippen LogP contribution in [0.2, 0.25) is 0 Å². The van der Waals surface area contributed by atoms with Crippen molar-refractivity contribution in [2.45, 2.75) is 46.1 Å². The highest BCUT2D eigenvalue weighted by Gasteiger charge is 2.23. The van der Waals surface area contributed by atoms with Crippen molar-refractivity contribution in [1.82, 2.24) is 39.6 Å². The highest BCUT2D eigenvalue weighted by atomic mass is 16.5. The van der Waals surface area contributed by atoms with Gasteiger partial charge in [0.2, 0.25) is 11.8 Å². The van der Waals surface area contributed by atoms with Crippen molar-refractivity contribution in [1.29, 1.82) is 0 Å².